The third kappa shape index (κ3) is 5.43. The van der Waals surface area contributed by atoms with Crippen molar-refractivity contribution in [1.29, 1.82) is 0 Å². The number of likely N-dealkylation sites (tertiary alicyclic amines) is 1. The maximum absolute atomic E-state index is 13.5. The molecule has 0 N–H and O–H groups in total. The molecule has 2 fully saturated rings. The van der Waals surface area contributed by atoms with Crippen LogP contribution in [0.3, 0.4) is 0 Å². The summed E-state index contributed by atoms with van der Waals surface area (Å²) >= 11 is 6.04. The molecule has 5 rings (SSSR count). The molecule has 2 aliphatic heterocycles. The highest BCUT2D eigenvalue weighted by atomic mass is 35.5. The van der Waals surface area contributed by atoms with E-state index in [0.29, 0.717) is 43.1 Å². The SMILES string of the molecule is O=C1N(Cc2ccc(Oc3ccccc3)cc2)CCC12CCCN(S(=O)(=O)Cc1cccc(Cl)c1)C2. The second kappa shape index (κ2) is 10.2. The highest BCUT2D eigenvalue weighted by Gasteiger charge is 2.50. The fraction of sp³-hybridized carbons (Fsp3) is 0.321. The number of sulfonamides is 1. The molecule has 8 heteroatoms. The van der Waals surface area contributed by atoms with E-state index in [1.54, 1.807) is 24.3 Å². The van der Waals surface area contributed by atoms with Gasteiger partial charge in [-0.3, -0.25) is 4.79 Å². The van der Waals surface area contributed by atoms with E-state index in [1.165, 1.54) is 4.31 Å². The number of nitrogens with zero attached hydrogens (tertiary/aromatic N) is 2. The molecule has 36 heavy (non-hydrogen) atoms. The van der Waals surface area contributed by atoms with Gasteiger partial charge in [0.2, 0.25) is 15.9 Å². The average molecular weight is 525 g/mol. The van der Waals surface area contributed by atoms with Crippen molar-refractivity contribution >= 4 is 27.5 Å². The smallest absolute Gasteiger partial charge is 0.230 e. The molecule has 1 unspecified atom stereocenters. The second-order valence-electron chi connectivity index (χ2n) is 9.64. The van der Waals surface area contributed by atoms with Gasteiger partial charge >= 0.3 is 0 Å². The van der Waals surface area contributed by atoms with E-state index in [2.05, 4.69) is 0 Å². The number of amides is 1. The molecule has 6 nitrogen and oxygen atoms in total. The Morgan fingerprint density at radius 1 is 0.861 bits per heavy atom. The van der Waals surface area contributed by atoms with Crippen LogP contribution in [0.1, 0.15) is 30.4 Å². The zero-order valence-electron chi connectivity index (χ0n) is 20.0. The monoisotopic (exact) mass is 524 g/mol. The van der Waals surface area contributed by atoms with E-state index in [0.717, 1.165) is 23.5 Å². The van der Waals surface area contributed by atoms with Gasteiger partial charge in [0.05, 0.1) is 11.2 Å². The van der Waals surface area contributed by atoms with Crippen molar-refractivity contribution < 1.29 is 17.9 Å². The molecule has 0 radical (unpaired) electrons. The van der Waals surface area contributed by atoms with Crippen molar-refractivity contribution in [3.8, 4) is 11.5 Å². The number of ether oxygens (including phenoxy) is 1. The predicted octanol–water partition coefficient (Wildman–Crippen LogP) is 5.48. The first-order valence-electron chi connectivity index (χ1n) is 12.2. The van der Waals surface area contributed by atoms with Crippen molar-refractivity contribution in [2.45, 2.75) is 31.6 Å². The molecule has 0 saturated carbocycles. The van der Waals surface area contributed by atoms with Crippen LogP contribution in [0.2, 0.25) is 5.02 Å². The van der Waals surface area contributed by atoms with Crippen molar-refractivity contribution in [3.05, 3.63) is 95.0 Å². The minimum atomic E-state index is -3.56. The number of carbonyl (C=O) groups excluding carboxylic acids is 1. The molecular formula is C28H29ClN2O4S. The second-order valence-corrected chi connectivity index (χ2v) is 12.0. The molecule has 1 atom stereocenters. The lowest BCUT2D eigenvalue weighted by Gasteiger charge is -2.38. The maximum atomic E-state index is 13.5. The van der Waals surface area contributed by atoms with E-state index in [9.17, 15) is 13.2 Å². The molecule has 188 valence electrons. The van der Waals surface area contributed by atoms with Crippen molar-refractivity contribution in [2.24, 2.45) is 5.41 Å². The van der Waals surface area contributed by atoms with Crippen LogP contribution in [0.4, 0.5) is 0 Å². The third-order valence-corrected chi connectivity index (χ3v) is 9.08. The number of para-hydroxylation sites is 1. The lowest BCUT2D eigenvalue weighted by Crippen LogP contribution is -2.49. The minimum absolute atomic E-state index is 0.0507. The van der Waals surface area contributed by atoms with E-state index in [1.807, 2.05) is 59.5 Å². The van der Waals surface area contributed by atoms with Gasteiger partial charge in [-0.1, -0.05) is 54.1 Å². The van der Waals surface area contributed by atoms with Crippen LogP contribution in [0.25, 0.3) is 0 Å². The Hall–Kier alpha value is -2.87. The summed E-state index contributed by atoms with van der Waals surface area (Å²) < 4.78 is 33.8. The summed E-state index contributed by atoms with van der Waals surface area (Å²) in [6.07, 6.45) is 2.07. The highest BCUT2D eigenvalue weighted by Crippen LogP contribution is 2.41. The van der Waals surface area contributed by atoms with Crippen LogP contribution in [0.5, 0.6) is 11.5 Å². The van der Waals surface area contributed by atoms with Gasteiger partial charge in [0, 0.05) is 31.2 Å². The molecule has 2 saturated heterocycles. The quantitative estimate of drug-likeness (QED) is 0.410. The summed E-state index contributed by atoms with van der Waals surface area (Å²) in [7, 11) is -3.56. The summed E-state index contributed by atoms with van der Waals surface area (Å²) in [5, 5.41) is 0.513. The molecule has 3 aromatic rings. The fourth-order valence-corrected chi connectivity index (χ4v) is 7.03. The highest BCUT2D eigenvalue weighted by molar-refractivity contribution is 7.88. The summed E-state index contributed by atoms with van der Waals surface area (Å²) in [6.45, 7) is 1.82. The molecule has 0 aliphatic carbocycles. The number of piperidine rings is 1. The Labute approximate surface area is 217 Å². The van der Waals surface area contributed by atoms with E-state index < -0.39 is 15.4 Å². The lowest BCUT2D eigenvalue weighted by molar-refractivity contribution is -0.138. The number of hydrogen-bond acceptors (Lipinski definition) is 4. The fourth-order valence-electron chi connectivity index (χ4n) is 5.19. The van der Waals surface area contributed by atoms with Gasteiger partial charge in [0.15, 0.2) is 0 Å². The molecule has 1 spiro atoms. The van der Waals surface area contributed by atoms with Crippen LogP contribution < -0.4 is 4.74 Å². The van der Waals surface area contributed by atoms with Crippen LogP contribution in [0, 0.1) is 5.41 Å². The Morgan fingerprint density at radius 2 is 1.61 bits per heavy atom. The summed E-state index contributed by atoms with van der Waals surface area (Å²) in [4.78, 5) is 15.4. The standard InChI is InChI=1S/C28H29ClN2O4S/c29-24-7-4-6-23(18-24)20-36(33,34)31-16-5-14-28(21-31)15-17-30(27(28)32)19-22-10-12-26(13-11-22)35-25-8-2-1-3-9-25/h1-4,6-13,18H,5,14-17,19-21H2. The number of hydrogen-bond donors (Lipinski definition) is 0. The zero-order chi connectivity index (χ0) is 25.2. The first-order valence-corrected chi connectivity index (χ1v) is 14.2. The zero-order valence-corrected chi connectivity index (χ0v) is 21.5. The van der Waals surface area contributed by atoms with Gasteiger partial charge in [0.25, 0.3) is 0 Å². The number of carbonyl (C=O) groups is 1. The van der Waals surface area contributed by atoms with Gasteiger partial charge < -0.3 is 9.64 Å². The van der Waals surface area contributed by atoms with Gasteiger partial charge in [-0.25, -0.2) is 12.7 Å². The largest absolute Gasteiger partial charge is 0.457 e. The Bertz CT molecular complexity index is 1330. The van der Waals surface area contributed by atoms with E-state index >= 15 is 0 Å². The molecule has 0 bridgehead atoms. The average Bonchev–Trinajstić information content (AvgIpc) is 3.15. The molecule has 2 heterocycles. The minimum Gasteiger partial charge on any atom is -0.457 e. The number of benzene rings is 3. The summed E-state index contributed by atoms with van der Waals surface area (Å²) in [5.74, 6) is 1.45. The van der Waals surface area contributed by atoms with Gasteiger partial charge in [-0.15, -0.1) is 0 Å². The molecular weight excluding hydrogens is 496 g/mol. The predicted molar refractivity (Wildman–Crippen MR) is 140 cm³/mol. The van der Waals surface area contributed by atoms with Crippen molar-refractivity contribution in [3.63, 3.8) is 0 Å². The number of rotatable bonds is 7. The third-order valence-electron chi connectivity index (χ3n) is 7.05. The van der Waals surface area contributed by atoms with Gasteiger partial charge in [0.1, 0.15) is 11.5 Å². The van der Waals surface area contributed by atoms with Crippen LogP contribution >= 0.6 is 11.6 Å². The Balaban J connectivity index is 1.23. The summed E-state index contributed by atoms with van der Waals surface area (Å²) in [5.41, 5.74) is 1.03. The topological polar surface area (TPSA) is 66.9 Å². The molecule has 0 aromatic heterocycles. The van der Waals surface area contributed by atoms with Crippen molar-refractivity contribution in [1.82, 2.24) is 9.21 Å². The van der Waals surface area contributed by atoms with E-state index in [-0.39, 0.29) is 18.2 Å². The van der Waals surface area contributed by atoms with Crippen LogP contribution in [0.15, 0.2) is 78.9 Å². The normalized spacial score (nSPS) is 20.7. The van der Waals surface area contributed by atoms with Gasteiger partial charge in [-0.05, 0) is 66.8 Å². The van der Waals surface area contributed by atoms with Crippen LogP contribution in [-0.2, 0) is 27.1 Å². The van der Waals surface area contributed by atoms with E-state index in [4.69, 9.17) is 16.3 Å². The first kappa shape index (κ1) is 24.8. The van der Waals surface area contributed by atoms with Gasteiger partial charge in [-0.2, -0.15) is 0 Å². The van der Waals surface area contributed by atoms with Crippen molar-refractivity contribution in [2.75, 3.05) is 19.6 Å². The Morgan fingerprint density at radius 3 is 2.36 bits per heavy atom. The first-order chi connectivity index (χ1) is 17.3. The molecule has 1 amide bonds. The maximum Gasteiger partial charge on any atom is 0.230 e. The summed E-state index contributed by atoms with van der Waals surface area (Å²) in [6, 6.07) is 24.3. The lowest BCUT2D eigenvalue weighted by atomic mass is 9.79. The molecule has 3 aromatic carbocycles. The Kier molecular flexibility index (Phi) is 7.06. The van der Waals surface area contributed by atoms with Crippen LogP contribution in [-0.4, -0.2) is 43.2 Å². The molecule has 2 aliphatic rings. The number of halogens is 1.